The van der Waals surface area contributed by atoms with Crippen LogP contribution in [0.25, 0.3) is 0 Å². The van der Waals surface area contributed by atoms with Gasteiger partial charge in [-0.05, 0) is 79.4 Å². The lowest BCUT2D eigenvalue weighted by atomic mass is 10.1. The topological polar surface area (TPSA) is 92.7 Å². The van der Waals surface area contributed by atoms with Crippen molar-refractivity contribution in [2.45, 2.75) is 42.1 Å². The number of esters is 1. The summed E-state index contributed by atoms with van der Waals surface area (Å²) in [6.45, 7) is 3.09. The maximum Gasteiger partial charge on any atom is 0.306 e. The van der Waals surface area contributed by atoms with E-state index in [0.29, 0.717) is 37.6 Å². The van der Waals surface area contributed by atoms with Crippen molar-refractivity contribution in [3.63, 3.8) is 0 Å². The minimum absolute atomic E-state index is 0. The molecule has 36 heavy (non-hydrogen) atoms. The van der Waals surface area contributed by atoms with E-state index in [4.69, 9.17) is 16.3 Å². The number of benzene rings is 3. The molecule has 3 aromatic rings. The first-order valence-electron chi connectivity index (χ1n) is 11.5. The van der Waals surface area contributed by atoms with E-state index >= 15 is 0 Å². The summed E-state index contributed by atoms with van der Waals surface area (Å²) in [5.74, 6) is -0.301. The van der Waals surface area contributed by atoms with Gasteiger partial charge in [0.05, 0.1) is 22.5 Å². The number of halogens is 2. The molecule has 0 radical (unpaired) electrons. The molecule has 0 saturated heterocycles. The van der Waals surface area contributed by atoms with E-state index in [1.807, 2.05) is 6.07 Å². The molecule has 0 aromatic heterocycles. The van der Waals surface area contributed by atoms with Crippen LogP contribution < -0.4 is 5.32 Å². The highest BCUT2D eigenvalue weighted by Crippen LogP contribution is 2.23. The number of hydrogen-bond donors (Lipinski definition) is 2. The molecule has 9 heteroatoms. The van der Waals surface area contributed by atoms with Crippen LogP contribution in [-0.4, -0.2) is 39.2 Å². The first-order valence-corrected chi connectivity index (χ1v) is 13.4. The Morgan fingerprint density at radius 2 is 1.69 bits per heavy atom. The molecule has 0 aliphatic carbocycles. The third-order valence-electron chi connectivity index (χ3n) is 5.53. The summed E-state index contributed by atoms with van der Waals surface area (Å²) < 4.78 is 31.1. The Labute approximate surface area is 224 Å². The maximum atomic E-state index is 13.1. The summed E-state index contributed by atoms with van der Waals surface area (Å²) in [6, 6.07) is 20.6. The second-order valence-corrected chi connectivity index (χ2v) is 10.5. The van der Waals surface area contributed by atoms with Crippen molar-refractivity contribution >= 4 is 39.8 Å². The molecule has 0 fully saturated rings. The summed E-state index contributed by atoms with van der Waals surface area (Å²) in [7, 11) is -3.67. The molecule has 0 heterocycles. The first kappa shape index (κ1) is 29.8. The van der Waals surface area contributed by atoms with Gasteiger partial charge in [0.15, 0.2) is 0 Å². The number of nitrogens with one attached hydrogen (secondary N) is 1. The van der Waals surface area contributed by atoms with Crippen LogP contribution in [0.2, 0.25) is 5.02 Å². The van der Waals surface area contributed by atoms with Gasteiger partial charge in [-0.2, -0.15) is 0 Å². The van der Waals surface area contributed by atoms with Crippen LogP contribution >= 0.6 is 24.0 Å². The molecule has 0 amide bonds. The van der Waals surface area contributed by atoms with Crippen LogP contribution in [0.15, 0.2) is 82.6 Å². The normalized spacial score (nSPS) is 12.0. The Hall–Kier alpha value is -2.42. The first-order chi connectivity index (χ1) is 16.8. The van der Waals surface area contributed by atoms with Crippen LogP contribution in [-0.2, 0) is 32.2 Å². The molecule has 1 atom stereocenters. The number of ether oxygens (including phenoxy) is 1. The maximum absolute atomic E-state index is 13.1. The van der Waals surface area contributed by atoms with E-state index in [1.54, 1.807) is 73.7 Å². The fourth-order valence-corrected chi connectivity index (χ4v) is 5.15. The Balaban J connectivity index is 0.00000456. The lowest BCUT2D eigenvalue weighted by Crippen LogP contribution is -2.23. The van der Waals surface area contributed by atoms with Gasteiger partial charge >= 0.3 is 5.97 Å². The molecule has 3 aromatic carbocycles. The van der Waals surface area contributed by atoms with Crippen molar-refractivity contribution in [2.75, 3.05) is 19.7 Å². The molecule has 0 saturated carbocycles. The number of carbonyl (C=O) groups is 1. The molecule has 0 bridgehead atoms. The van der Waals surface area contributed by atoms with Gasteiger partial charge in [-0.3, -0.25) is 4.79 Å². The molecule has 0 spiro atoms. The van der Waals surface area contributed by atoms with Gasteiger partial charge in [0.2, 0.25) is 9.84 Å². The third kappa shape index (κ3) is 8.61. The van der Waals surface area contributed by atoms with Crippen molar-refractivity contribution in [3.05, 3.63) is 94.5 Å². The van der Waals surface area contributed by atoms with Crippen molar-refractivity contribution < 1.29 is 23.1 Å². The zero-order chi connectivity index (χ0) is 25.3. The predicted octanol–water partition coefficient (Wildman–Crippen LogP) is 4.96. The highest BCUT2D eigenvalue weighted by molar-refractivity contribution is 7.91. The number of sulfone groups is 1. The summed E-state index contributed by atoms with van der Waals surface area (Å²) in [5.41, 5.74) is 2.50. The minimum Gasteiger partial charge on any atom is -0.466 e. The van der Waals surface area contributed by atoms with Gasteiger partial charge in [0.1, 0.15) is 0 Å². The van der Waals surface area contributed by atoms with Gasteiger partial charge in [0.25, 0.3) is 0 Å². The Morgan fingerprint density at radius 1 is 0.972 bits per heavy atom. The van der Waals surface area contributed by atoms with Crippen molar-refractivity contribution in [1.29, 1.82) is 0 Å². The van der Waals surface area contributed by atoms with Gasteiger partial charge in [0, 0.05) is 18.0 Å². The number of aliphatic hydroxyl groups excluding tert-OH is 1. The highest BCUT2D eigenvalue weighted by Gasteiger charge is 2.18. The fraction of sp³-hybridized carbons (Fsp3) is 0.296. The molecule has 194 valence electrons. The van der Waals surface area contributed by atoms with Crippen molar-refractivity contribution in [3.8, 4) is 0 Å². The van der Waals surface area contributed by atoms with Crippen LogP contribution in [0.4, 0.5) is 0 Å². The lowest BCUT2D eigenvalue weighted by molar-refractivity contribution is -0.143. The summed E-state index contributed by atoms with van der Waals surface area (Å²) in [4.78, 5) is 12.0. The Morgan fingerprint density at radius 3 is 2.39 bits per heavy atom. The minimum atomic E-state index is -3.67. The quantitative estimate of drug-likeness (QED) is 0.244. The van der Waals surface area contributed by atoms with Crippen molar-refractivity contribution in [1.82, 2.24) is 5.32 Å². The smallest absolute Gasteiger partial charge is 0.306 e. The summed E-state index contributed by atoms with van der Waals surface area (Å²) in [5, 5.41) is 14.1. The predicted molar refractivity (Wildman–Crippen MR) is 144 cm³/mol. The SMILES string of the molecule is CCOC(=O)CCc1cccc(S(=O)(=O)c2ccc(CCNC[C@@H](O)c3cccc(Cl)c3)cc2)c1.Cl. The molecule has 3 rings (SSSR count). The van der Waals surface area contributed by atoms with E-state index in [1.165, 1.54) is 0 Å². The van der Waals surface area contributed by atoms with E-state index in [9.17, 15) is 18.3 Å². The Kier molecular flexibility index (Phi) is 11.9. The van der Waals surface area contributed by atoms with Crippen LogP contribution in [0, 0.1) is 0 Å². The van der Waals surface area contributed by atoms with Crippen molar-refractivity contribution in [2.24, 2.45) is 0 Å². The molecule has 0 aliphatic rings. The Bertz CT molecular complexity index is 1230. The molecule has 2 N–H and O–H groups in total. The number of hydrogen-bond acceptors (Lipinski definition) is 6. The molecule has 6 nitrogen and oxygen atoms in total. The van der Waals surface area contributed by atoms with E-state index in [2.05, 4.69) is 5.32 Å². The highest BCUT2D eigenvalue weighted by atomic mass is 35.5. The molecule has 0 aliphatic heterocycles. The van der Waals surface area contributed by atoms with Crippen LogP contribution in [0.3, 0.4) is 0 Å². The number of aliphatic hydroxyl groups is 1. The van der Waals surface area contributed by atoms with Gasteiger partial charge in [-0.25, -0.2) is 8.42 Å². The second-order valence-electron chi connectivity index (χ2n) is 8.12. The average Bonchev–Trinajstić information content (AvgIpc) is 2.86. The van der Waals surface area contributed by atoms with E-state index in [-0.39, 0.29) is 34.6 Å². The molecule has 0 unspecified atom stereocenters. The van der Waals surface area contributed by atoms with E-state index < -0.39 is 15.9 Å². The second kappa shape index (κ2) is 14.4. The van der Waals surface area contributed by atoms with Crippen LogP contribution in [0.1, 0.15) is 36.1 Å². The lowest BCUT2D eigenvalue weighted by Gasteiger charge is -2.13. The third-order valence-corrected chi connectivity index (χ3v) is 7.53. The summed E-state index contributed by atoms with van der Waals surface area (Å²) >= 11 is 5.97. The van der Waals surface area contributed by atoms with Crippen LogP contribution in [0.5, 0.6) is 0 Å². The standard InChI is InChI=1S/C27H30ClNO5S.ClH/c1-2-34-27(31)14-11-21-5-3-8-25(17-21)35(32,33)24-12-9-20(10-13-24)15-16-29-19-26(30)22-6-4-7-23(28)18-22;/h3-10,12-13,17-18,26,29-30H,2,11,14-16,19H2,1H3;1H/t26-;/m1./s1. The summed E-state index contributed by atoms with van der Waals surface area (Å²) in [6.07, 6.45) is 0.650. The van der Waals surface area contributed by atoms with E-state index in [0.717, 1.165) is 16.7 Å². The monoisotopic (exact) mass is 551 g/mol. The zero-order valence-corrected chi connectivity index (χ0v) is 22.4. The average molecular weight is 553 g/mol. The van der Waals surface area contributed by atoms with Gasteiger partial charge < -0.3 is 15.2 Å². The number of carbonyl (C=O) groups excluding carboxylic acids is 1. The molecular formula is C27H31Cl2NO5S. The zero-order valence-electron chi connectivity index (χ0n) is 20.0. The number of rotatable bonds is 12. The van der Waals surface area contributed by atoms with Gasteiger partial charge in [-0.1, -0.05) is 48.0 Å². The number of aryl methyl sites for hydroxylation is 1. The fourth-order valence-electron chi connectivity index (χ4n) is 3.62. The molecular weight excluding hydrogens is 521 g/mol. The van der Waals surface area contributed by atoms with Gasteiger partial charge in [-0.15, -0.1) is 12.4 Å². The largest absolute Gasteiger partial charge is 0.466 e.